The molecule has 1 N–H and O–H groups in total. The first-order valence-electron chi connectivity index (χ1n) is 5.59. The number of hydrogen-bond donors (Lipinski definition) is 1. The van der Waals surface area contributed by atoms with Crippen molar-refractivity contribution in [3.05, 3.63) is 45.5 Å². The van der Waals surface area contributed by atoms with Gasteiger partial charge in [-0.15, -0.1) is 25.2 Å². The van der Waals surface area contributed by atoms with Gasteiger partial charge in [-0.1, -0.05) is 26.3 Å². The minimum atomic E-state index is -0.00704. The number of aliphatic hydroxyl groups is 1. The van der Waals surface area contributed by atoms with E-state index in [0.29, 0.717) is 11.5 Å². The van der Waals surface area contributed by atoms with E-state index in [9.17, 15) is 5.11 Å². The molecule has 0 spiro atoms. The van der Waals surface area contributed by atoms with Crippen LogP contribution in [0, 0.1) is 12.3 Å². The summed E-state index contributed by atoms with van der Waals surface area (Å²) in [5, 5.41) is 14.2. The fraction of sp³-hybridized carbons (Fsp3) is 0.500. The molecular formula is C14H21NOY-2. The molecule has 0 amide bonds. The molecule has 1 atom stereocenters. The fourth-order valence-corrected chi connectivity index (χ4v) is 1.95. The second-order valence-electron chi connectivity index (χ2n) is 4.45. The van der Waals surface area contributed by atoms with Crippen molar-refractivity contribution in [3.63, 3.8) is 0 Å². The third-order valence-corrected chi connectivity index (χ3v) is 3.63. The van der Waals surface area contributed by atoms with Crippen LogP contribution in [0.15, 0.2) is 33.7 Å². The molecule has 0 fully saturated rings. The largest absolute Gasteiger partial charge is 0.688 e. The van der Waals surface area contributed by atoms with Crippen molar-refractivity contribution in [2.24, 2.45) is 5.92 Å². The second kappa shape index (κ2) is 6.65. The van der Waals surface area contributed by atoms with Gasteiger partial charge in [0.05, 0.1) is 5.76 Å². The van der Waals surface area contributed by atoms with Gasteiger partial charge in [-0.3, -0.25) is 0 Å². The normalized spacial score (nSPS) is 21.6. The number of nitrogens with zero attached hydrogens (tertiary/aromatic N) is 1. The average molecular weight is 308 g/mol. The molecule has 1 rings (SSSR count). The second-order valence-corrected chi connectivity index (χ2v) is 4.45. The minimum Gasteiger partial charge on any atom is -0.688 e. The van der Waals surface area contributed by atoms with Gasteiger partial charge in [0.2, 0.25) is 0 Å². The maximum absolute atomic E-state index is 10.1. The molecule has 0 bridgehead atoms. The van der Waals surface area contributed by atoms with Gasteiger partial charge in [-0.25, -0.2) is 12.0 Å². The van der Waals surface area contributed by atoms with Crippen molar-refractivity contribution in [2.75, 3.05) is 7.05 Å². The third-order valence-electron chi connectivity index (χ3n) is 3.63. The molecule has 93 valence electrons. The molecule has 1 radical (unpaired) electrons. The Morgan fingerprint density at radius 2 is 1.71 bits per heavy atom. The molecule has 1 unspecified atom stereocenters. The summed E-state index contributed by atoms with van der Waals surface area (Å²) < 4.78 is 0. The monoisotopic (exact) mass is 308 g/mol. The molecule has 0 aromatic heterocycles. The van der Waals surface area contributed by atoms with E-state index in [1.807, 2.05) is 6.92 Å². The molecule has 0 aromatic rings. The van der Waals surface area contributed by atoms with Crippen molar-refractivity contribution in [3.8, 4) is 0 Å². The number of allylic oxidation sites excluding steroid dienone is 5. The zero-order valence-electron chi connectivity index (χ0n) is 11.6. The Morgan fingerprint density at radius 3 is 2.18 bits per heavy atom. The van der Waals surface area contributed by atoms with E-state index in [-0.39, 0.29) is 38.6 Å². The van der Waals surface area contributed by atoms with Crippen LogP contribution in [0.3, 0.4) is 0 Å². The summed E-state index contributed by atoms with van der Waals surface area (Å²) in [6.07, 6.45) is 2.11. The van der Waals surface area contributed by atoms with Crippen LogP contribution in [-0.4, -0.2) is 12.2 Å². The van der Waals surface area contributed by atoms with E-state index in [1.54, 1.807) is 7.05 Å². The zero-order chi connectivity index (χ0) is 12.5. The smallest absolute Gasteiger partial charge is 0.0673 e. The summed E-state index contributed by atoms with van der Waals surface area (Å²) in [7, 11) is 1.70. The van der Waals surface area contributed by atoms with E-state index < -0.39 is 0 Å². The standard InChI is InChI=1S/C14H21NO.Y/c1-8-7-13(14(16)12(5)15-6)11(4)10(3)9(8)2;/h7,13,16H,1-6H3;/q-2;/b14-12+;. The average Bonchev–Trinajstić information content (AvgIpc) is 2.29. The Labute approximate surface area is 130 Å². The van der Waals surface area contributed by atoms with Gasteiger partial charge in [0.25, 0.3) is 0 Å². The number of hydrogen-bond acceptors (Lipinski definition) is 1. The summed E-state index contributed by atoms with van der Waals surface area (Å²) in [6.45, 7) is 10.2. The molecule has 1 aliphatic rings. The predicted octanol–water partition coefficient (Wildman–Crippen LogP) is 4.28. The first-order valence-corrected chi connectivity index (χ1v) is 5.59. The topological polar surface area (TPSA) is 34.3 Å². The molecule has 17 heavy (non-hydrogen) atoms. The Morgan fingerprint density at radius 1 is 1.18 bits per heavy atom. The van der Waals surface area contributed by atoms with Crippen molar-refractivity contribution < 1.29 is 37.8 Å². The van der Waals surface area contributed by atoms with E-state index in [2.05, 4.69) is 39.4 Å². The van der Waals surface area contributed by atoms with Gasteiger partial charge in [-0.2, -0.15) is 5.57 Å². The van der Waals surface area contributed by atoms with E-state index in [1.165, 1.54) is 22.3 Å². The molecule has 2 nitrogen and oxygen atoms in total. The van der Waals surface area contributed by atoms with Crippen LogP contribution < -0.4 is 0 Å². The predicted molar refractivity (Wildman–Crippen MR) is 69.1 cm³/mol. The quantitative estimate of drug-likeness (QED) is 0.599. The molecule has 0 saturated heterocycles. The summed E-state index contributed by atoms with van der Waals surface area (Å²) in [5.74, 6) is 0.360. The fourth-order valence-electron chi connectivity index (χ4n) is 1.95. The SMILES string of the molecule is C[N-]/C(C)=C(/O)C1[CH-]C(C)=C(C)C(C)=C1C.[Y]. The summed E-state index contributed by atoms with van der Waals surface area (Å²) in [6, 6.07) is 0. The van der Waals surface area contributed by atoms with E-state index in [0.717, 1.165) is 0 Å². The van der Waals surface area contributed by atoms with Gasteiger partial charge in [0.15, 0.2) is 0 Å². The summed E-state index contributed by atoms with van der Waals surface area (Å²) in [5.41, 5.74) is 5.75. The third kappa shape index (κ3) is 3.39. The van der Waals surface area contributed by atoms with Crippen LogP contribution in [-0.2, 0) is 32.7 Å². The van der Waals surface area contributed by atoms with Crippen LogP contribution in [0.4, 0.5) is 0 Å². The van der Waals surface area contributed by atoms with Crippen molar-refractivity contribution >= 4 is 0 Å². The van der Waals surface area contributed by atoms with Crippen LogP contribution in [0.2, 0.25) is 0 Å². The van der Waals surface area contributed by atoms with Crippen LogP contribution in [0.1, 0.15) is 34.6 Å². The van der Waals surface area contributed by atoms with Crippen LogP contribution >= 0.6 is 0 Å². The molecule has 0 aliphatic heterocycles. The van der Waals surface area contributed by atoms with Gasteiger partial charge < -0.3 is 10.4 Å². The number of rotatable bonds is 2. The Balaban J connectivity index is 0.00000256. The zero-order valence-corrected chi connectivity index (χ0v) is 14.5. The Hall–Kier alpha value is -0.206. The summed E-state index contributed by atoms with van der Waals surface area (Å²) in [4.78, 5) is 0. The van der Waals surface area contributed by atoms with Gasteiger partial charge in [0.1, 0.15) is 0 Å². The first-order chi connectivity index (χ1) is 7.40. The van der Waals surface area contributed by atoms with Gasteiger partial charge in [0, 0.05) is 32.7 Å². The summed E-state index contributed by atoms with van der Waals surface area (Å²) >= 11 is 0. The van der Waals surface area contributed by atoms with Crippen molar-refractivity contribution in [1.82, 2.24) is 0 Å². The van der Waals surface area contributed by atoms with Crippen molar-refractivity contribution in [1.29, 1.82) is 0 Å². The van der Waals surface area contributed by atoms with Crippen molar-refractivity contribution in [2.45, 2.75) is 34.6 Å². The van der Waals surface area contributed by atoms with Crippen LogP contribution in [0.25, 0.3) is 5.32 Å². The van der Waals surface area contributed by atoms with Gasteiger partial charge in [-0.05, 0) is 12.8 Å². The first kappa shape index (κ1) is 16.8. The van der Waals surface area contributed by atoms with E-state index in [4.69, 9.17) is 0 Å². The Kier molecular flexibility index (Phi) is 6.57. The maximum atomic E-state index is 10.1. The van der Waals surface area contributed by atoms with Crippen LogP contribution in [0.5, 0.6) is 0 Å². The molecule has 1 aliphatic carbocycles. The van der Waals surface area contributed by atoms with E-state index >= 15 is 0 Å². The molecule has 0 saturated carbocycles. The Bertz CT molecular complexity index is 391. The maximum Gasteiger partial charge on any atom is 0.0673 e. The number of aliphatic hydroxyl groups excluding tert-OH is 1. The molecular weight excluding hydrogens is 287 g/mol. The molecule has 0 heterocycles. The van der Waals surface area contributed by atoms with Gasteiger partial charge >= 0.3 is 0 Å². The molecule has 0 aromatic carbocycles. The minimum absolute atomic E-state index is 0. The molecule has 3 heteroatoms.